The van der Waals surface area contributed by atoms with E-state index in [1.165, 1.54) is 6.07 Å². The predicted molar refractivity (Wildman–Crippen MR) is 92.8 cm³/mol. The smallest absolute Gasteiger partial charge is 0.256 e. The van der Waals surface area contributed by atoms with Gasteiger partial charge in [-0.15, -0.1) is 0 Å². The van der Waals surface area contributed by atoms with E-state index in [-0.39, 0.29) is 17.6 Å². The van der Waals surface area contributed by atoms with Crippen LogP contribution in [-0.4, -0.2) is 38.7 Å². The number of aryl methyl sites for hydroxylation is 1. The van der Waals surface area contributed by atoms with Crippen molar-refractivity contribution in [1.29, 1.82) is 0 Å². The number of hydrogen-bond acceptors (Lipinski definition) is 3. The number of carbonyl (C=O) groups is 1. The summed E-state index contributed by atoms with van der Waals surface area (Å²) < 4.78 is 15.8. The molecule has 1 amide bonds. The van der Waals surface area contributed by atoms with Crippen LogP contribution < -0.4 is 0 Å². The van der Waals surface area contributed by atoms with Crippen molar-refractivity contribution >= 4 is 16.8 Å². The van der Waals surface area contributed by atoms with E-state index >= 15 is 0 Å². The second-order valence-corrected chi connectivity index (χ2v) is 6.53. The van der Waals surface area contributed by atoms with E-state index in [9.17, 15) is 9.18 Å². The summed E-state index contributed by atoms with van der Waals surface area (Å²) >= 11 is 0. The maximum Gasteiger partial charge on any atom is 0.256 e. The van der Waals surface area contributed by atoms with Crippen molar-refractivity contribution in [3.63, 3.8) is 0 Å². The van der Waals surface area contributed by atoms with Crippen molar-refractivity contribution in [2.45, 2.75) is 18.8 Å². The number of benzene rings is 1. The molecule has 5 nitrogen and oxygen atoms in total. The number of pyridine rings is 1. The van der Waals surface area contributed by atoms with Gasteiger partial charge >= 0.3 is 0 Å². The summed E-state index contributed by atoms with van der Waals surface area (Å²) in [6.07, 6.45) is 7.45. The van der Waals surface area contributed by atoms with Crippen molar-refractivity contribution in [3.8, 4) is 0 Å². The molecular weight excluding hydrogens is 319 g/mol. The predicted octanol–water partition coefficient (Wildman–Crippen LogP) is 3.13. The molecule has 0 N–H and O–H groups in total. The minimum Gasteiger partial charge on any atom is -0.338 e. The summed E-state index contributed by atoms with van der Waals surface area (Å²) in [4.78, 5) is 19.1. The van der Waals surface area contributed by atoms with Gasteiger partial charge in [-0.05, 0) is 42.7 Å². The molecule has 3 heterocycles. The van der Waals surface area contributed by atoms with Gasteiger partial charge in [0.1, 0.15) is 5.82 Å². The number of aromatic nitrogens is 3. The summed E-state index contributed by atoms with van der Waals surface area (Å²) in [5.74, 6) is -0.158. The van der Waals surface area contributed by atoms with E-state index in [2.05, 4.69) is 10.1 Å². The molecule has 0 saturated carbocycles. The van der Waals surface area contributed by atoms with Gasteiger partial charge < -0.3 is 4.90 Å². The largest absolute Gasteiger partial charge is 0.338 e. The van der Waals surface area contributed by atoms with E-state index in [0.29, 0.717) is 29.6 Å². The van der Waals surface area contributed by atoms with E-state index in [1.54, 1.807) is 29.1 Å². The minimum atomic E-state index is -0.355. The molecule has 0 radical (unpaired) electrons. The van der Waals surface area contributed by atoms with E-state index in [0.717, 1.165) is 18.4 Å². The van der Waals surface area contributed by atoms with Gasteiger partial charge in [0.2, 0.25) is 0 Å². The lowest BCUT2D eigenvalue weighted by molar-refractivity contribution is 0.0709. The second-order valence-electron chi connectivity index (χ2n) is 6.53. The molecule has 0 aliphatic carbocycles. The van der Waals surface area contributed by atoms with Gasteiger partial charge in [0.15, 0.2) is 0 Å². The number of carbonyl (C=O) groups excluding carboxylic acids is 1. The third-order valence-corrected chi connectivity index (χ3v) is 4.85. The molecule has 3 aromatic rings. The highest BCUT2D eigenvalue weighted by molar-refractivity contribution is 6.05. The Balaban J connectivity index is 1.64. The van der Waals surface area contributed by atoms with Gasteiger partial charge in [0.05, 0.1) is 17.3 Å². The first kappa shape index (κ1) is 15.7. The van der Waals surface area contributed by atoms with Crippen molar-refractivity contribution in [3.05, 3.63) is 59.8 Å². The molecule has 0 bridgehead atoms. The third kappa shape index (κ3) is 2.88. The molecule has 2 aromatic heterocycles. The summed E-state index contributed by atoms with van der Waals surface area (Å²) in [5.41, 5.74) is 2.04. The SMILES string of the molecule is Cn1cc(C2CCCN(C(=O)c3ccc(F)c4cccnc34)C2)cn1. The Morgan fingerprint density at radius 3 is 3.00 bits per heavy atom. The van der Waals surface area contributed by atoms with Crippen LogP contribution in [0.1, 0.15) is 34.7 Å². The molecule has 25 heavy (non-hydrogen) atoms. The lowest BCUT2D eigenvalue weighted by Crippen LogP contribution is -2.39. The zero-order valence-corrected chi connectivity index (χ0v) is 14.0. The minimum absolute atomic E-state index is 0.0858. The van der Waals surface area contributed by atoms with Crippen LogP contribution in [0.15, 0.2) is 42.9 Å². The van der Waals surface area contributed by atoms with Crippen LogP contribution in [0.25, 0.3) is 10.9 Å². The van der Waals surface area contributed by atoms with Crippen molar-refractivity contribution in [1.82, 2.24) is 19.7 Å². The zero-order chi connectivity index (χ0) is 17.4. The summed E-state index contributed by atoms with van der Waals surface area (Å²) in [6.45, 7) is 1.36. The first-order valence-electron chi connectivity index (χ1n) is 8.44. The quantitative estimate of drug-likeness (QED) is 0.721. The second kappa shape index (κ2) is 6.27. The zero-order valence-electron chi connectivity index (χ0n) is 14.0. The molecule has 1 saturated heterocycles. The standard InChI is InChI=1S/C19H19FN4O/c1-23-11-14(10-22-23)13-4-3-9-24(12-13)19(25)16-6-7-17(20)15-5-2-8-21-18(15)16/h2,5-8,10-11,13H,3-4,9,12H2,1H3. The third-order valence-electron chi connectivity index (χ3n) is 4.85. The number of amides is 1. The fourth-order valence-corrected chi connectivity index (χ4v) is 3.57. The average Bonchev–Trinajstić information content (AvgIpc) is 3.08. The average molecular weight is 338 g/mol. The number of nitrogens with zero attached hydrogens (tertiary/aromatic N) is 4. The molecule has 1 unspecified atom stereocenters. The van der Waals surface area contributed by atoms with Crippen molar-refractivity contribution in [2.75, 3.05) is 13.1 Å². The molecule has 1 fully saturated rings. The first-order valence-corrected chi connectivity index (χ1v) is 8.44. The Bertz CT molecular complexity index is 936. The van der Waals surface area contributed by atoms with Crippen LogP contribution in [0.2, 0.25) is 0 Å². The monoisotopic (exact) mass is 338 g/mol. The fourth-order valence-electron chi connectivity index (χ4n) is 3.57. The Hall–Kier alpha value is -2.76. The number of halogens is 1. The van der Waals surface area contributed by atoms with Gasteiger partial charge in [0, 0.05) is 43.8 Å². The van der Waals surface area contributed by atoms with Crippen LogP contribution in [0.4, 0.5) is 4.39 Å². The summed E-state index contributed by atoms with van der Waals surface area (Å²) in [6, 6.07) is 6.22. The first-order chi connectivity index (χ1) is 12.1. The lowest BCUT2D eigenvalue weighted by Gasteiger charge is -2.32. The number of hydrogen-bond donors (Lipinski definition) is 0. The van der Waals surface area contributed by atoms with Gasteiger partial charge in [-0.1, -0.05) is 0 Å². The van der Waals surface area contributed by atoms with E-state index in [1.807, 2.05) is 24.3 Å². The molecule has 1 aromatic carbocycles. The molecule has 1 aliphatic heterocycles. The van der Waals surface area contributed by atoms with Crippen molar-refractivity contribution < 1.29 is 9.18 Å². The molecule has 128 valence electrons. The van der Waals surface area contributed by atoms with Crippen LogP contribution in [0, 0.1) is 5.82 Å². The maximum atomic E-state index is 14.0. The van der Waals surface area contributed by atoms with Crippen LogP contribution in [0.3, 0.4) is 0 Å². The molecule has 0 spiro atoms. The van der Waals surface area contributed by atoms with Gasteiger partial charge in [-0.25, -0.2) is 4.39 Å². The molecule has 6 heteroatoms. The van der Waals surface area contributed by atoms with Gasteiger partial charge in [0.25, 0.3) is 5.91 Å². The van der Waals surface area contributed by atoms with Gasteiger partial charge in [-0.2, -0.15) is 5.10 Å². The van der Waals surface area contributed by atoms with Crippen LogP contribution >= 0.6 is 0 Å². The lowest BCUT2D eigenvalue weighted by atomic mass is 9.92. The maximum absolute atomic E-state index is 14.0. The van der Waals surface area contributed by atoms with Crippen LogP contribution in [0.5, 0.6) is 0 Å². The highest BCUT2D eigenvalue weighted by atomic mass is 19.1. The number of likely N-dealkylation sites (tertiary alicyclic amines) is 1. The fraction of sp³-hybridized carbons (Fsp3) is 0.316. The van der Waals surface area contributed by atoms with E-state index < -0.39 is 0 Å². The Labute approximate surface area is 145 Å². The molecular formula is C19H19FN4O. The Kier molecular flexibility index (Phi) is 3.95. The number of fused-ring (bicyclic) bond motifs is 1. The van der Waals surface area contributed by atoms with Crippen molar-refractivity contribution in [2.24, 2.45) is 7.05 Å². The molecule has 1 atom stereocenters. The molecule has 4 rings (SSSR count). The van der Waals surface area contributed by atoms with Gasteiger partial charge in [-0.3, -0.25) is 14.5 Å². The Morgan fingerprint density at radius 2 is 2.20 bits per heavy atom. The van der Waals surface area contributed by atoms with Crippen LogP contribution in [-0.2, 0) is 7.05 Å². The topological polar surface area (TPSA) is 51.0 Å². The summed E-state index contributed by atoms with van der Waals surface area (Å²) in [5, 5.41) is 4.62. The highest BCUT2D eigenvalue weighted by Gasteiger charge is 2.27. The molecule has 1 aliphatic rings. The van der Waals surface area contributed by atoms with E-state index in [4.69, 9.17) is 0 Å². The number of piperidine rings is 1. The highest BCUT2D eigenvalue weighted by Crippen LogP contribution is 2.28. The summed E-state index contributed by atoms with van der Waals surface area (Å²) in [7, 11) is 1.89. The normalized spacial score (nSPS) is 17.8. The Morgan fingerprint density at radius 1 is 1.32 bits per heavy atom. The number of rotatable bonds is 2.